The lowest BCUT2D eigenvalue weighted by Gasteiger charge is -2.12. The molecule has 0 aliphatic heterocycles. The summed E-state index contributed by atoms with van der Waals surface area (Å²) in [5.41, 5.74) is 2.71. The van der Waals surface area contributed by atoms with Crippen LogP contribution in [0.15, 0.2) is 24.3 Å². The zero-order valence-electron chi connectivity index (χ0n) is 9.86. The summed E-state index contributed by atoms with van der Waals surface area (Å²) in [5, 5.41) is 0. The molecule has 0 fully saturated rings. The Balaban J connectivity index is 2.66. The summed E-state index contributed by atoms with van der Waals surface area (Å²) in [6.45, 7) is 6.57. The zero-order valence-corrected chi connectivity index (χ0v) is 9.86. The van der Waals surface area contributed by atoms with Crippen LogP contribution in [0.2, 0.25) is 0 Å². The van der Waals surface area contributed by atoms with Gasteiger partial charge in [-0.25, -0.2) is 0 Å². The molecular formula is C14H20O. The number of hydrogen-bond acceptors (Lipinski definition) is 1. The molecule has 0 bridgehead atoms. The van der Waals surface area contributed by atoms with Crippen LogP contribution < -0.4 is 0 Å². The maximum absolute atomic E-state index is 10.3. The average Bonchev–Trinajstić information content (AvgIpc) is 2.26. The van der Waals surface area contributed by atoms with E-state index in [1.807, 2.05) is 0 Å². The number of hydrogen-bond donors (Lipinski definition) is 0. The minimum absolute atomic E-state index is 0.483. The molecule has 1 heteroatoms. The van der Waals surface area contributed by atoms with Crippen LogP contribution in [0.5, 0.6) is 0 Å². The molecule has 0 radical (unpaired) electrons. The van der Waals surface area contributed by atoms with Crippen LogP contribution in [0.25, 0.3) is 0 Å². The number of benzene rings is 1. The van der Waals surface area contributed by atoms with Gasteiger partial charge in [0.05, 0.1) is 0 Å². The lowest BCUT2D eigenvalue weighted by Crippen LogP contribution is -1.95. The highest BCUT2D eigenvalue weighted by atomic mass is 16.1. The Morgan fingerprint density at radius 2 is 1.60 bits per heavy atom. The van der Waals surface area contributed by atoms with E-state index in [4.69, 9.17) is 0 Å². The summed E-state index contributed by atoms with van der Waals surface area (Å²) in [6.07, 6.45) is 2.61. The third-order valence-electron chi connectivity index (χ3n) is 2.89. The predicted molar refractivity (Wildman–Crippen MR) is 64.2 cm³/mol. The molecule has 1 unspecified atom stereocenters. The largest absolute Gasteiger partial charge is 0.303 e. The van der Waals surface area contributed by atoms with Gasteiger partial charge in [0.15, 0.2) is 0 Å². The van der Waals surface area contributed by atoms with Gasteiger partial charge in [-0.15, -0.1) is 0 Å². The topological polar surface area (TPSA) is 17.1 Å². The van der Waals surface area contributed by atoms with E-state index in [0.29, 0.717) is 18.3 Å². The Kier molecular flexibility index (Phi) is 4.54. The molecule has 1 aromatic rings. The number of aldehydes is 1. The second-order valence-corrected chi connectivity index (χ2v) is 4.47. The third kappa shape index (κ3) is 3.50. The first-order valence-corrected chi connectivity index (χ1v) is 5.68. The lowest BCUT2D eigenvalue weighted by molar-refractivity contribution is -0.108. The van der Waals surface area contributed by atoms with Crippen LogP contribution in [0, 0.1) is 0 Å². The summed E-state index contributed by atoms with van der Waals surface area (Å²) in [5.74, 6) is 1.07. The smallest absolute Gasteiger partial charge is 0.120 e. The summed E-state index contributed by atoms with van der Waals surface area (Å²) in [6, 6.07) is 8.75. The molecule has 0 aromatic heterocycles. The Morgan fingerprint density at radius 3 is 2.07 bits per heavy atom. The molecule has 0 amide bonds. The van der Waals surface area contributed by atoms with Gasteiger partial charge in [-0.05, 0) is 29.4 Å². The summed E-state index contributed by atoms with van der Waals surface area (Å²) in [4.78, 5) is 10.3. The molecule has 0 spiro atoms. The zero-order chi connectivity index (χ0) is 11.3. The van der Waals surface area contributed by atoms with Crippen LogP contribution in [-0.2, 0) is 4.79 Å². The van der Waals surface area contributed by atoms with Gasteiger partial charge in [-0.1, -0.05) is 45.0 Å². The van der Waals surface area contributed by atoms with Gasteiger partial charge in [0, 0.05) is 6.42 Å². The Labute approximate surface area is 92.5 Å². The molecular weight excluding hydrogens is 184 g/mol. The second kappa shape index (κ2) is 5.69. The molecule has 0 N–H and O–H groups in total. The minimum Gasteiger partial charge on any atom is -0.303 e. The third-order valence-corrected chi connectivity index (χ3v) is 2.89. The minimum atomic E-state index is 0.483. The molecule has 0 saturated heterocycles. The summed E-state index contributed by atoms with van der Waals surface area (Å²) in [7, 11) is 0. The average molecular weight is 204 g/mol. The van der Waals surface area contributed by atoms with E-state index in [0.717, 1.165) is 12.7 Å². The van der Waals surface area contributed by atoms with Crippen molar-refractivity contribution >= 4 is 6.29 Å². The van der Waals surface area contributed by atoms with E-state index in [9.17, 15) is 4.79 Å². The molecule has 0 saturated carbocycles. The van der Waals surface area contributed by atoms with Crippen molar-refractivity contribution in [2.75, 3.05) is 0 Å². The molecule has 1 rings (SSSR count). The fourth-order valence-corrected chi connectivity index (χ4v) is 1.69. The first-order chi connectivity index (χ1) is 7.15. The number of carbonyl (C=O) groups excluding carboxylic acids is 1. The van der Waals surface area contributed by atoms with Crippen molar-refractivity contribution in [1.29, 1.82) is 0 Å². The predicted octanol–water partition coefficient (Wildman–Crippen LogP) is 3.89. The molecule has 1 nitrogen and oxygen atoms in total. The molecule has 0 aliphatic carbocycles. The first-order valence-electron chi connectivity index (χ1n) is 5.68. The Hall–Kier alpha value is -1.11. The van der Waals surface area contributed by atoms with E-state index in [-0.39, 0.29) is 0 Å². The number of rotatable bonds is 5. The van der Waals surface area contributed by atoms with Crippen LogP contribution in [0.4, 0.5) is 0 Å². The van der Waals surface area contributed by atoms with E-state index in [2.05, 4.69) is 45.0 Å². The Bertz CT molecular complexity index is 298. The van der Waals surface area contributed by atoms with Gasteiger partial charge in [0.1, 0.15) is 6.29 Å². The van der Waals surface area contributed by atoms with Crippen molar-refractivity contribution in [1.82, 2.24) is 0 Å². The first kappa shape index (κ1) is 12.0. The monoisotopic (exact) mass is 204 g/mol. The highest BCUT2D eigenvalue weighted by Crippen LogP contribution is 2.22. The molecule has 0 aliphatic rings. The van der Waals surface area contributed by atoms with Gasteiger partial charge in [-0.3, -0.25) is 0 Å². The van der Waals surface area contributed by atoms with Crippen molar-refractivity contribution < 1.29 is 4.79 Å². The van der Waals surface area contributed by atoms with Gasteiger partial charge >= 0.3 is 0 Å². The van der Waals surface area contributed by atoms with Gasteiger partial charge in [0.25, 0.3) is 0 Å². The van der Waals surface area contributed by atoms with Crippen LogP contribution in [0.3, 0.4) is 0 Å². The Morgan fingerprint density at radius 1 is 1.07 bits per heavy atom. The second-order valence-electron chi connectivity index (χ2n) is 4.47. The van der Waals surface area contributed by atoms with Gasteiger partial charge in [-0.2, -0.15) is 0 Å². The summed E-state index contributed by atoms with van der Waals surface area (Å²) >= 11 is 0. The molecule has 0 heterocycles. The van der Waals surface area contributed by atoms with E-state index in [1.165, 1.54) is 11.1 Å². The van der Waals surface area contributed by atoms with E-state index >= 15 is 0 Å². The van der Waals surface area contributed by atoms with Crippen molar-refractivity contribution in [3.63, 3.8) is 0 Å². The lowest BCUT2D eigenvalue weighted by atomic mass is 9.93. The maximum atomic E-state index is 10.3. The number of carbonyl (C=O) groups is 1. The van der Waals surface area contributed by atoms with E-state index < -0.39 is 0 Å². The molecule has 15 heavy (non-hydrogen) atoms. The van der Waals surface area contributed by atoms with Crippen molar-refractivity contribution in [3.05, 3.63) is 35.4 Å². The van der Waals surface area contributed by atoms with E-state index in [1.54, 1.807) is 0 Å². The van der Waals surface area contributed by atoms with Crippen LogP contribution in [-0.4, -0.2) is 6.29 Å². The van der Waals surface area contributed by atoms with Gasteiger partial charge in [0.2, 0.25) is 0 Å². The molecule has 1 aromatic carbocycles. The highest BCUT2D eigenvalue weighted by Gasteiger charge is 2.05. The SMILES string of the molecule is CC(C)c1ccc(C(C)CCC=O)cc1. The fraction of sp³-hybridized carbons (Fsp3) is 0.500. The highest BCUT2D eigenvalue weighted by molar-refractivity contribution is 5.49. The normalized spacial score (nSPS) is 12.8. The summed E-state index contributed by atoms with van der Waals surface area (Å²) < 4.78 is 0. The van der Waals surface area contributed by atoms with Crippen LogP contribution >= 0.6 is 0 Å². The molecule has 82 valence electrons. The standard InChI is InChI=1S/C14H20O/c1-11(2)13-6-8-14(9-7-13)12(3)5-4-10-15/h6-12H,4-5H2,1-3H3. The fourth-order valence-electron chi connectivity index (χ4n) is 1.69. The van der Waals surface area contributed by atoms with Crippen molar-refractivity contribution in [2.24, 2.45) is 0 Å². The van der Waals surface area contributed by atoms with Crippen molar-refractivity contribution in [3.8, 4) is 0 Å². The van der Waals surface area contributed by atoms with Crippen molar-refractivity contribution in [2.45, 2.75) is 45.4 Å². The molecule has 1 atom stereocenters. The van der Waals surface area contributed by atoms with Gasteiger partial charge < -0.3 is 4.79 Å². The maximum Gasteiger partial charge on any atom is 0.120 e. The van der Waals surface area contributed by atoms with Crippen LogP contribution in [0.1, 0.15) is 56.6 Å². The quantitative estimate of drug-likeness (QED) is 0.665.